The van der Waals surface area contributed by atoms with Crippen molar-refractivity contribution in [3.8, 4) is 0 Å². The van der Waals surface area contributed by atoms with Crippen molar-refractivity contribution >= 4 is 5.91 Å². The summed E-state index contributed by atoms with van der Waals surface area (Å²) in [6.07, 6.45) is 64.0. The molecule has 73 heavy (non-hydrogen) atoms. The first-order valence-corrected chi connectivity index (χ1v) is 31.7. The lowest BCUT2D eigenvalue weighted by Gasteiger charge is -2.40. The van der Waals surface area contributed by atoms with Crippen molar-refractivity contribution in [3.05, 3.63) is 36.5 Å². The van der Waals surface area contributed by atoms with Crippen LogP contribution in [0.15, 0.2) is 36.5 Å². The quantitative estimate of drug-likeness (QED) is 0.0261. The molecule has 0 saturated carbocycles. The molecule has 9 nitrogen and oxygen atoms in total. The lowest BCUT2D eigenvalue weighted by atomic mass is 9.99. The van der Waals surface area contributed by atoms with Crippen molar-refractivity contribution < 1.29 is 39.8 Å². The molecule has 7 atom stereocenters. The van der Waals surface area contributed by atoms with Gasteiger partial charge in [0.05, 0.1) is 25.4 Å². The van der Waals surface area contributed by atoms with Crippen LogP contribution in [0.2, 0.25) is 0 Å². The summed E-state index contributed by atoms with van der Waals surface area (Å²) in [6, 6.07) is -0.826. The molecule has 0 aromatic carbocycles. The van der Waals surface area contributed by atoms with Gasteiger partial charge in [0.25, 0.3) is 0 Å². The second-order valence-electron chi connectivity index (χ2n) is 22.2. The van der Waals surface area contributed by atoms with E-state index in [4.69, 9.17) is 9.47 Å². The SMILES string of the molecule is CCCCCC/C=C/CC/C=C/CC/C=C/C(O)C(COC1OC(CO)C(O)C(O)C1O)NC(=O)CCCCCCCCCCCCCCCCCCCCCCCCCCCCCCCCCCCCCC. The van der Waals surface area contributed by atoms with Crippen LogP contribution in [-0.4, -0.2) is 87.5 Å². The van der Waals surface area contributed by atoms with Gasteiger partial charge in [-0.2, -0.15) is 0 Å². The molecule has 0 radical (unpaired) electrons. The summed E-state index contributed by atoms with van der Waals surface area (Å²) in [5, 5.41) is 54.4. The molecular weight excluding hydrogens is 911 g/mol. The van der Waals surface area contributed by atoms with Crippen molar-refractivity contribution in [3.63, 3.8) is 0 Å². The Hall–Kier alpha value is -1.59. The third-order valence-corrected chi connectivity index (χ3v) is 15.2. The summed E-state index contributed by atoms with van der Waals surface area (Å²) < 4.78 is 11.2. The molecule has 0 aromatic heterocycles. The largest absolute Gasteiger partial charge is 0.394 e. The number of hydrogen-bond donors (Lipinski definition) is 6. The fraction of sp³-hybridized carbons (Fsp3) is 0.891. The van der Waals surface area contributed by atoms with E-state index in [1.807, 2.05) is 6.08 Å². The second-order valence-corrected chi connectivity index (χ2v) is 22.2. The summed E-state index contributed by atoms with van der Waals surface area (Å²) >= 11 is 0. The normalized spacial score (nSPS) is 19.2. The zero-order chi connectivity index (χ0) is 52.9. The molecule has 0 aromatic rings. The van der Waals surface area contributed by atoms with Gasteiger partial charge in [-0.05, 0) is 44.9 Å². The van der Waals surface area contributed by atoms with Crippen molar-refractivity contribution in [2.24, 2.45) is 0 Å². The summed E-state index contributed by atoms with van der Waals surface area (Å²) in [4.78, 5) is 13.0. The van der Waals surface area contributed by atoms with Gasteiger partial charge in [0.1, 0.15) is 24.4 Å². The molecule has 1 heterocycles. The maximum Gasteiger partial charge on any atom is 0.220 e. The van der Waals surface area contributed by atoms with Crippen LogP contribution in [-0.2, 0) is 14.3 Å². The molecule has 7 unspecified atom stereocenters. The summed E-state index contributed by atoms with van der Waals surface area (Å²) in [5.74, 6) is -0.186. The van der Waals surface area contributed by atoms with E-state index >= 15 is 0 Å². The molecule has 6 N–H and O–H groups in total. The van der Waals surface area contributed by atoms with E-state index in [0.29, 0.717) is 6.42 Å². The smallest absolute Gasteiger partial charge is 0.220 e. The van der Waals surface area contributed by atoms with Crippen LogP contribution < -0.4 is 5.32 Å². The minimum absolute atomic E-state index is 0.186. The van der Waals surface area contributed by atoms with E-state index in [1.54, 1.807) is 6.08 Å². The Kier molecular flexibility index (Phi) is 51.2. The monoisotopic (exact) mass is 1030 g/mol. The van der Waals surface area contributed by atoms with Gasteiger partial charge in [-0.1, -0.05) is 294 Å². The Balaban J connectivity index is 2.06. The number of aliphatic hydroxyl groups is 5. The number of aliphatic hydroxyl groups excluding tert-OH is 5. The van der Waals surface area contributed by atoms with Gasteiger partial charge in [-0.25, -0.2) is 0 Å². The highest BCUT2D eigenvalue weighted by Gasteiger charge is 2.44. The zero-order valence-electron chi connectivity index (χ0n) is 47.9. The van der Waals surface area contributed by atoms with E-state index < -0.39 is 49.5 Å². The molecule has 0 spiro atoms. The first-order chi connectivity index (χ1) is 35.8. The van der Waals surface area contributed by atoms with Gasteiger partial charge in [-0.15, -0.1) is 0 Å². The lowest BCUT2D eigenvalue weighted by Crippen LogP contribution is -2.60. The van der Waals surface area contributed by atoms with E-state index in [1.165, 1.54) is 238 Å². The number of hydrogen-bond acceptors (Lipinski definition) is 8. The number of rotatable bonds is 55. The lowest BCUT2D eigenvalue weighted by molar-refractivity contribution is -0.302. The first-order valence-electron chi connectivity index (χ1n) is 31.7. The summed E-state index contributed by atoms with van der Waals surface area (Å²) in [6.45, 7) is 3.76. The van der Waals surface area contributed by atoms with Gasteiger partial charge < -0.3 is 40.3 Å². The second kappa shape index (κ2) is 53.8. The molecule has 9 heteroatoms. The van der Waals surface area contributed by atoms with E-state index in [0.717, 1.165) is 51.4 Å². The maximum atomic E-state index is 13.0. The molecule has 0 bridgehead atoms. The molecule has 1 aliphatic rings. The van der Waals surface area contributed by atoms with Crippen LogP contribution in [0, 0.1) is 0 Å². The molecule has 1 saturated heterocycles. The first kappa shape index (κ1) is 69.4. The third-order valence-electron chi connectivity index (χ3n) is 15.2. The number of allylic oxidation sites excluding steroid dienone is 5. The molecule has 1 rings (SSSR count). The van der Waals surface area contributed by atoms with Crippen LogP contribution >= 0.6 is 0 Å². The highest BCUT2D eigenvalue weighted by atomic mass is 16.7. The van der Waals surface area contributed by atoms with Crippen LogP contribution in [0.25, 0.3) is 0 Å². The van der Waals surface area contributed by atoms with Crippen LogP contribution in [0.3, 0.4) is 0 Å². The zero-order valence-corrected chi connectivity index (χ0v) is 47.9. The van der Waals surface area contributed by atoms with E-state index in [2.05, 4.69) is 43.5 Å². The Bertz CT molecular complexity index is 1240. The summed E-state index contributed by atoms with van der Waals surface area (Å²) in [5.41, 5.74) is 0. The number of nitrogens with one attached hydrogen (secondary N) is 1. The number of carbonyl (C=O) groups is 1. The van der Waals surface area contributed by atoms with Crippen LogP contribution in [0.5, 0.6) is 0 Å². The number of amides is 1. The van der Waals surface area contributed by atoms with Gasteiger partial charge in [-0.3, -0.25) is 4.79 Å². The fourth-order valence-corrected chi connectivity index (χ4v) is 10.2. The Morgan fingerprint density at radius 2 is 0.781 bits per heavy atom. The topological polar surface area (TPSA) is 149 Å². The molecule has 1 amide bonds. The molecule has 1 aliphatic heterocycles. The van der Waals surface area contributed by atoms with Gasteiger partial charge in [0.15, 0.2) is 6.29 Å². The number of carbonyl (C=O) groups excluding carboxylic acids is 1. The van der Waals surface area contributed by atoms with E-state index in [9.17, 15) is 30.3 Å². The molecular formula is C64H121NO8. The minimum Gasteiger partial charge on any atom is -0.394 e. The highest BCUT2D eigenvalue weighted by Crippen LogP contribution is 2.23. The van der Waals surface area contributed by atoms with Crippen molar-refractivity contribution in [2.75, 3.05) is 13.2 Å². The summed E-state index contributed by atoms with van der Waals surface area (Å²) in [7, 11) is 0. The predicted octanol–water partition coefficient (Wildman–Crippen LogP) is 16.3. The van der Waals surface area contributed by atoms with Crippen LogP contribution in [0.1, 0.15) is 309 Å². The fourth-order valence-electron chi connectivity index (χ4n) is 10.2. The highest BCUT2D eigenvalue weighted by molar-refractivity contribution is 5.76. The molecule has 1 fully saturated rings. The van der Waals surface area contributed by atoms with Crippen molar-refractivity contribution in [2.45, 2.75) is 352 Å². The van der Waals surface area contributed by atoms with Crippen molar-refractivity contribution in [1.82, 2.24) is 5.32 Å². The predicted molar refractivity (Wildman–Crippen MR) is 309 cm³/mol. The number of unbranched alkanes of at least 4 members (excludes halogenated alkanes) is 41. The maximum absolute atomic E-state index is 13.0. The molecule has 0 aliphatic carbocycles. The average molecular weight is 1030 g/mol. The van der Waals surface area contributed by atoms with E-state index in [-0.39, 0.29) is 12.5 Å². The Morgan fingerprint density at radius 3 is 1.15 bits per heavy atom. The van der Waals surface area contributed by atoms with Crippen LogP contribution in [0.4, 0.5) is 0 Å². The Morgan fingerprint density at radius 1 is 0.452 bits per heavy atom. The average Bonchev–Trinajstić information content (AvgIpc) is 3.39. The standard InChI is InChI=1S/C64H121NO8/c1-3-5-7-9-11-13-15-17-19-20-21-22-23-24-25-26-27-28-29-30-31-32-33-34-35-36-37-38-39-40-42-44-46-48-50-52-54-60(68)65-57(56-72-64-63(71)62(70)61(69)59(55-66)73-64)58(67)53-51-49-47-45-43-41-18-16-14-12-10-8-6-4-2/h14,16,43,45,51,53,57-59,61-64,66-67,69-71H,3-13,15,17-42,44,46-50,52,54-56H2,1-2H3,(H,65,68)/b16-14+,45-43+,53-51+. The third kappa shape index (κ3) is 43.1. The van der Waals surface area contributed by atoms with Crippen molar-refractivity contribution in [1.29, 1.82) is 0 Å². The van der Waals surface area contributed by atoms with Gasteiger partial charge in [0.2, 0.25) is 5.91 Å². The number of ether oxygens (including phenoxy) is 2. The minimum atomic E-state index is -1.57. The van der Waals surface area contributed by atoms with Gasteiger partial charge in [0, 0.05) is 6.42 Å². The molecule has 430 valence electrons. The Labute approximate surface area is 451 Å². The van der Waals surface area contributed by atoms with Gasteiger partial charge >= 0.3 is 0 Å².